The molecule has 0 saturated heterocycles. The Balaban J connectivity index is 1.33. The van der Waals surface area contributed by atoms with Gasteiger partial charge in [-0.15, -0.1) is 11.8 Å². The van der Waals surface area contributed by atoms with E-state index in [-0.39, 0.29) is 24.8 Å². The number of aromatic nitrogens is 1. The molecule has 2 N–H and O–H groups in total. The van der Waals surface area contributed by atoms with Gasteiger partial charge in [0.05, 0.1) is 17.5 Å². The lowest BCUT2D eigenvalue weighted by Gasteiger charge is -2.23. The fourth-order valence-corrected chi connectivity index (χ4v) is 3.90. The zero-order valence-electron chi connectivity index (χ0n) is 14.3. The van der Waals surface area contributed by atoms with Gasteiger partial charge >= 0.3 is 0 Å². The van der Waals surface area contributed by atoms with Crippen molar-refractivity contribution in [1.82, 2.24) is 10.5 Å². The van der Waals surface area contributed by atoms with Crippen molar-refractivity contribution in [3.63, 3.8) is 0 Å². The first-order chi connectivity index (χ1) is 13.2. The lowest BCUT2D eigenvalue weighted by Crippen LogP contribution is -2.34. The fourth-order valence-electron chi connectivity index (χ4n) is 2.79. The number of carbonyl (C=O) groups excluding carboxylic acids is 2. The smallest absolute Gasteiger partial charge is 0.238 e. The molecule has 0 saturated carbocycles. The molecule has 0 unspecified atom stereocenters. The first-order valence-corrected chi connectivity index (χ1v) is 9.41. The van der Waals surface area contributed by atoms with E-state index in [2.05, 4.69) is 15.8 Å². The summed E-state index contributed by atoms with van der Waals surface area (Å²) < 4.78 is 5.32. The standard InChI is InChI=1S/C20H17N3O3S/c24-19(11-18-20(25)22-15-8-4-5-9-17(15)27-18)21-12-14-10-16(26-23-14)13-6-2-1-3-7-13/h1-10,18H,11-12H2,(H,21,24)(H,22,25)/t18-/m1/s1. The SMILES string of the molecule is O=C(C[C@H]1Sc2ccccc2NC1=O)NCc1cc(-c2ccccc2)on1. The minimum atomic E-state index is -0.447. The molecule has 0 bridgehead atoms. The lowest BCUT2D eigenvalue weighted by molar-refractivity contribution is -0.124. The highest BCUT2D eigenvalue weighted by molar-refractivity contribution is 8.01. The first kappa shape index (κ1) is 17.4. The van der Waals surface area contributed by atoms with Gasteiger partial charge in [-0.2, -0.15) is 0 Å². The number of amides is 2. The Morgan fingerprint density at radius 2 is 1.93 bits per heavy atom. The Kier molecular flexibility index (Phi) is 4.93. The minimum absolute atomic E-state index is 0.105. The maximum absolute atomic E-state index is 12.3. The van der Waals surface area contributed by atoms with Crippen molar-refractivity contribution in [2.45, 2.75) is 23.1 Å². The number of hydrogen-bond acceptors (Lipinski definition) is 5. The second-order valence-electron chi connectivity index (χ2n) is 6.12. The highest BCUT2D eigenvalue weighted by Crippen LogP contribution is 2.36. The molecule has 136 valence electrons. The van der Waals surface area contributed by atoms with Gasteiger partial charge in [0.1, 0.15) is 5.69 Å². The second kappa shape index (κ2) is 7.67. The van der Waals surface area contributed by atoms with Gasteiger partial charge in [0.2, 0.25) is 11.8 Å². The van der Waals surface area contributed by atoms with Gasteiger partial charge < -0.3 is 15.2 Å². The van der Waals surface area contributed by atoms with Crippen LogP contribution in [0.1, 0.15) is 12.1 Å². The molecule has 0 spiro atoms. The number of hydrogen-bond donors (Lipinski definition) is 2. The molecule has 4 rings (SSSR count). The summed E-state index contributed by atoms with van der Waals surface area (Å²) in [5, 5.41) is 9.18. The highest BCUT2D eigenvalue weighted by Gasteiger charge is 2.28. The third-order valence-electron chi connectivity index (χ3n) is 4.16. The Bertz CT molecular complexity index is 971. The summed E-state index contributed by atoms with van der Waals surface area (Å²) in [6.07, 6.45) is 0.105. The van der Waals surface area contributed by atoms with E-state index in [1.807, 2.05) is 54.6 Å². The van der Waals surface area contributed by atoms with E-state index < -0.39 is 5.25 Å². The molecule has 1 aliphatic rings. The maximum Gasteiger partial charge on any atom is 0.238 e. The molecule has 1 atom stereocenters. The molecule has 0 radical (unpaired) electrons. The van der Waals surface area contributed by atoms with Crippen LogP contribution in [0, 0.1) is 0 Å². The van der Waals surface area contributed by atoms with Crippen LogP contribution in [0.5, 0.6) is 0 Å². The topological polar surface area (TPSA) is 84.2 Å². The van der Waals surface area contributed by atoms with Gasteiger partial charge in [0.15, 0.2) is 5.76 Å². The molecule has 1 aliphatic heterocycles. The Labute approximate surface area is 160 Å². The zero-order valence-corrected chi connectivity index (χ0v) is 15.2. The number of nitrogens with zero attached hydrogens (tertiary/aromatic N) is 1. The maximum atomic E-state index is 12.3. The van der Waals surface area contributed by atoms with Crippen molar-refractivity contribution in [2.75, 3.05) is 5.32 Å². The van der Waals surface area contributed by atoms with Crippen LogP contribution < -0.4 is 10.6 Å². The highest BCUT2D eigenvalue weighted by atomic mass is 32.2. The summed E-state index contributed by atoms with van der Waals surface area (Å²) in [6.45, 7) is 0.255. The summed E-state index contributed by atoms with van der Waals surface area (Å²) in [6, 6.07) is 19.0. The van der Waals surface area contributed by atoms with Crippen molar-refractivity contribution in [2.24, 2.45) is 0 Å². The van der Waals surface area contributed by atoms with Gasteiger partial charge in [-0.1, -0.05) is 47.6 Å². The quantitative estimate of drug-likeness (QED) is 0.709. The molecule has 27 heavy (non-hydrogen) atoms. The van der Waals surface area contributed by atoms with Gasteiger partial charge in [-0.05, 0) is 12.1 Å². The molecule has 1 aromatic heterocycles. The van der Waals surface area contributed by atoms with E-state index in [1.165, 1.54) is 11.8 Å². The number of rotatable bonds is 5. The van der Waals surface area contributed by atoms with Crippen LogP contribution in [0.15, 0.2) is 70.1 Å². The van der Waals surface area contributed by atoms with Crippen molar-refractivity contribution in [1.29, 1.82) is 0 Å². The van der Waals surface area contributed by atoms with Gasteiger partial charge in [0.25, 0.3) is 0 Å². The molecule has 7 heteroatoms. The van der Waals surface area contributed by atoms with E-state index in [0.29, 0.717) is 11.5 Å². The first-order valence-electron chi connectivity index (χ1n) is 8.53. The molecular formula is C20H17N3O3S. The molecule has 2 heterocycles. The largest absolute Gasteiger partial charge is 0.356 e. The predicted octanol–water partition coefficient (Wildman–Crippen LogP) is 3.46. The Hall–Kier alpha value is -3.06. The second-order valence-corrected chi connectivity index (χ2v) is 7.37. The van der Waals surface area contributed by atoms with Crippen molar-refractivity contribution >= 4 is 29.3 Å². The monoisotopic (exact) mass is 379 g/mol. The molecule has 3 aromatic rings. The van der Waals surface area contributed by atoms with Crippen molar-refractivity contribution < 1.29 is 14.1 Å². The normalized spacial score (nSPS) is 15.7. The van der Waals surface area contributed by atoms with E-state index in [4.69, 9.17) is 4.52 Å². The van der Waals surface area contributed by atoms with E-state index in [1.54, 1.807) is 6.07 Å². The van der Waals surface area contributed by atoms with Crippen molar-refractivity contribution in [3.05, 3.63) is 66.4 Å². The molecule has 0 fully saturated rings. The van der Waals surface area contributed by atoms with Crippen LogP contribution in [0.25, 0.3) is 11.3 Å². The number of para-hydroxylation sites is 1. The van der Waals surface area contributed by atoms with E-state index in [9.17, 15) is 9.59 Å². The molecule has 2 aromatic carbocycles. The number of fused-ring (bicyclic) bond motifs is 1. The van der Waals surface area contributed by atoms with Gasteiger partial charge in [0, 0.05) is 22.9 Å². The third kappa shape index (κ3) is 4.03. The third-order valence-corrected chi connectivity index (χ3v) is 5.44. The zero-order chi connectivity index (χ0) is 18.6. The summed E-state index contributed by atoms with van der Waals surface area (Å²) >= 11 is 1.41. The number of benzene rings is 2. The van der Waals surface area contributed by atoms with Crippen molar-refractivity contribution in [3.8, 4) is 11.3 Å². The Morgan fingerprint density at radius 1 is 1.15 bits per heavy atom. The number of carbonyl (C=O) groups is 2. The minimum Gasteiger partial charge on any atom is -0.356 e. The summed E-state index contributed by atoms with van der Waals surface area (Å²) in [7, 11) is 0. The molecule has 6 nitrogen and oxygen atoms in total. The van der Waals surface area contributed by atoms with Gasteiger partial charge in [-0.3, -0.25) is 9.59 Å². The summed E-state index contributed by atoms with van der Waals surface area (Å²) in [4.78, 5) is 25.4. The van der Waals surface area contributed by atoms with Crippen LogP contribution >= 0.6 is 11.8 Å². The van der Waals surface area contributed by atoms with Crippen LogP contribution in [0.4, 0.5) is 5.69 Å². The summed E-state index contributed by atoms with van der Waals surface area (Å²) in [5.74, 6) is 0.298. The van der Waals surface area contributed by atoms with Crippen LogP contribution in [0.3, 0.4) is 0 Å². The number of nitrogens with one attached hydrogen (secondary N) is 2. The number of anilines is 1. The van der Waals surface area contributed by atoms with Crippen LogP contribution in [-0.4, -0.2) is 22.2 Å². The van der Waals surface area contributed by atoms with E-state index >= 15 is 0 Å². The number of thioether (sulfide) groups is 1. The molecule has 0 aliphatic carbocycles. The fraction of sp³-hybridized carbons (Fsp3) is 0.150. The van der Waals surface area contributed by atoms with Crippen LogP contribution in [0.2, 0.25) is 0 Å². The summed E-state index contributed by atoms with van der Waals surface area (Å²) in [5.41, 5.74) is 2.35. The average Bonchev–Trinajstić information content (AvgIpc) is 3.17. The Morgan fingerprint density at radius 3 is 2.78 bits per heavy atom. The van der Waals surface area contributed by atoms with Gasteiger partial charge in [-0.25, -0.2) is 0 Å². The van der Waals surface area contributed by atoms with Crippen LogP contribution in [-0.2, 0) is 16.1 Å². The predicted molar refractivity (Wildman–Crippen MR) is 103 cm³/mol. The average molecular weight is 379 g/mol. The molecular weight excluding hydrogens is 362 g/mol. The lowest BCUT2D eigenvalue weighted by atomic mass is 10.1. The van der Waals surface area contributed by atoms with E-state index in [0.717, 1.165) is 16.1 Å². The molecule has 2 amide bonds.